The SMILES string of the molecule is C#CCNC(=NCCc1coc(-c2ccc(F)cc2)n1)NCC.I. The van der Waals surface area contributed by atoms with Crippen molar-refractivity contribution in [1.82, 2.24) is 15.6 Å². The molecular formula is C17H20FIN4O. The van der Waals surface area contributed by atoms with Gasteiger partial charge in [0.15, 0.2) is 5.96 Å². The Balaban J connectivity index is 0.00000288. The summed E-state index contributed by atoms with van der Waals surface area (Å²) in [5.74, 6) is 3.36. The van der Waals surface area contributed by atoms with E-state index in [1.54, 1.807) is 18.4 Å². The van der Waals surface area contributed by atoms with E-state index in [4.69, 9.17) is 10.8 Å². The van der Waals surface area contributed by atoms with E-state index in [1.165, 1.54) is 12.1 Å². The highest BCUT2D eigenvalue weighted by Gasteiger charge is 2.06. The Labute approximate surface area is 158 Å². The standard InChI is InChI=1S/C17H19FN4O.HI/c1-3-10-20-17(19-4-2)21-11-9-15-12-23-16(22-15)13-5-7-14(18)8-6-13;/h1,5-8,12H,4,9-11H2,2H3,(H2,19,20,21);1H. The fraction of sp³-hybridized carbons (Fsp3) is 0.294. The molecule has 2 N–H and O–H groups in total. The van der Waals surface area contributed by atoms with Crippen LogP contribution in [0.5, 0.6) is 0 Å². The Morgan fingerprint density at radius 1 is 1.33 bits per heavy atom. The summed E-state index contributed by atoms with van der Waals surface area (Å²) in [6, 6.07) is 6.03. The summed E-state index contributed by atoms with van der Waals surface area (Å²) in [6.07, 6.45) is 7.45. The van der Waals surface area contributed by atoms with E-state index in [0.717, 1.165) is 17.8 Å². The van der Waals surface area contributed by atoms with Gasteiger partial charge in [0, 0.05) is 25.1 Å². The van der Waals surface area contributed by atoms with E-state index in [2.05, 4.69) is 26.5 Å². The van der Waals surface area contributed by atoms with Crippen LogP contribution in [0.1, 0.15) is 12.6 Å². The van der Waals surface area contributed by atoms with Gasteiger partial charge in [0.25, 0.3) is 0 Å². The molecule has 5 nitrogen and oxygen atoms in total. The second kappa shape index (κ2) is 10.6. The molecule has 24 heavy (non-hydrogen) atoms. The predicted molar refractivity (Wildman–Crippen MR) is 104 cm³/mol. The Kier molecular flexibility index (Phi) is 8.86. The third kappa shape index (κ3) is 6.20. The quantitative estimate of drug-likeness (QED) is 0.313. The summed E-state index contributed by atoms with van der Waals surface area (Å²) in [7, 11) is 0. The molecule has 1 aromatic heterocycles. The molecule has 7 heteroatoms. The average Bonchev–Trinajstić information content (AvgIpc) is 3.02. The number of nitrogens with one attached hydrogen (secondary N) is 2. The number of guanidine groups is 1. The zero-order valence-corrected chi connectivity index (χ0v) is 15.7. The largest absolute Gasteiger partial charge is 0.444 e. The van der Waals surface area contributed by atoms with E-state index in [1.807, 2.05) is 6.92 Å². The van der Waals surface area contributed by atoms with Crippen molar-refractivity contribution in [3.63, 3.8) is 0 Å². The van der Waals surface area contributed by atoms with Crippen LogP contribution < -0.4 is 10.6 Å². The molecule has 2 rings (SSSR count). The number of terminal acetylenes is 1. The number of hydrogen-bond acceptors (Lipinski definition) is 3. The molecule has 1 aromatic carbocycles. The molecule has 0 radical (unpaired) electrons. The van der Waals surface area contributed by atoms with Crippen molar-refractivity contribution < 1.29 is 8.81 Å². The minimum atomic E-state index is -0.287. The van der Waals surface area contributed by atoms with Crippen LogP contribution in [0.15, 0.2) is 39.9 Å². The van der Waals surface area contributed by atoms with Crippen LogP contribution in [-0.2, 0) is 6.42 Å². The number of rotatable bonds is 6. The second-order valence-electron chi connectivity index (χ2n) is 4.72. The Morgan fingerprint density at radius 3 is 2.75 bits per heavy atom. The molecule has 128 valence electrons. The van der Waals surface area contributed by atoms with Crippen LogP contribution in [0, 0.1) is 18.2 Å². The minimum absolute atomic E-state index is 0. The van der Waals surface area contributed by atoms with Gasteiger partial charge in [-0.1, -0.05) is 5.92 Å². The van der Waals surface area contributed by atoms with Crippen molar-refractivity contribution in [2.45, 2.75) is 13.3 Å². The van der Waals surface area contributed by atoms with Crippen LogP contribution in [0.3, 0.4) is 0 Å². The van der Waals surface area contributed by atoms with Gasteiger partial charge in [0.05, 0.1) is 12.2 Å². The fourth-order valence-electron chi connectivity index (χ4n) is 1.91. The number of halogens is 2. The van der Waals surface area contributed by atoms with Gasteiger partial charge in [-0.15, -0.1) is 30.4 Å². The summed E-state index contributed by atoms with van der Waals surface area (Å²) in [6.45, 7) is 3.72. The van der Waals surface area contributed by atoms with Gasteiger partial charge in [-0.05, 0) is 31.2 Å². The number of aromatic nitrogens is 1. The van der Waals surface area contributed by atoms with E-state index in [9.17, 15) is 4.39 Å². The smallest absolute Gasteiger partial charge is 0.226 e. The van der Waals surface area contributed by atoms with Crippen LogP contribution in [-0.4, -0.2) is 30.6 Å². The Hall–Kier alpha value is -2.08. The first kappa shape index (κ1) is 20.0. The summed E-state index contributed by atoms with van der Waals surface area (Å²) in [4.78, 5) is 8.79. The number of benzene rings is 1. The second-order valence-corrected chi connectivity index (χ2v) is 4.72. The van der Waals surface area contributed by atoms with Gasteiger partial charge in [0.2, 0.25) is 5.89 Å². The molecule has 0 bridgehead atoms. The fourth-order valence-corrected chi connectivity index (χ4v) is 1.91. The molecule has 0 saturated heterocycles. The first-order chi connectivity index (χ1) is 11.2. The highest BCUT2D eigenvalue weighted by Crippen LogP contribution is 2.19. The van der Waals surface area contributed by atoms with Gasteiger partial charge >= 0.3 is 0 Å². The van der Waals surface area contributed by atoms with Crippen molar-refractivity contribution >= 4 is 29.9 Å². The molecule has 0 spiro atoms. The van der Waals surface area contributed by atoms with Crippen molar-refractivity contribution in [1.29, 1.82) is 0 Å². The molecule has 0 aliphatic carbocycles. The maximum absolute atomic E-state index is 12.9. The third-order valence-electron chi connectivity index (χ3n) is 2.98. The van der Waals surface area contributed by atoms with Crippen LogP contribution in [0.25, 0.3) is 11.5 Å². The zero-order valence-electron chi connectivity index (χ0n) is 13.4. The maximum atomic E-state index is 12.9. The molecule has 2 aromatic rings. The van der Waals surface area contributed by atoms with Gasteiger partial charge in [-0.2, -0.15) is 0 Å². The molecule has 0 unspecified atom stereocenters. The molecular weight excluding hydrogens is 422 g/mol. The van der Waals surface area contributed by atoms with Gasteiger partial charge in [-0.3, -0.25) is 4.99 Å². The van der Waals surface area contributed by atoms with Crippen molar-refractivity contribution in [2.75, 3.05) is 19.6 Å². The molecule has 0 saturated carbocycles. The van der Waals surface area contributed by atoms with Gasteiger partial charge < -0.3 is 15.1 Å². The Bertz CT molecular complexity index is 691. The predicted octanol–water partition coefficient (Wildman–Crippen LogP) is 2.83. The average molecular weight is 442 g/mol. The lowest BCUT2D eigenvalue weighted by molar-refractivity contribution is 0.572. The first-order valence-electron chi connectivity index (χ1n) is 7.39. The normalized spacial score (nSPS) is 10.6. The molecule has 0 fully saturated rings. The lowest BCUT2D eigenvalue weighted by atomic mass is 10.2. The van der Waals surface area contributed by atoms with Crippen molar-refractivity contribution in [3.05, 3.63) is 42.0 Å². The summed E-state index contributed by atoms with van der Waals surface area (Å²) in [5.41, 5.74) is 1.53. The topological polar surface area (TPSA) is 62.5 Å². The van der Waals surface area contributed by atoms with E-state index < -0.39 is 0 Å². The van der Waals surface area contributed by atoms with Gasteiger partial charge in [0.1, 0.15) is 12.1 Å². The van der Waals surface area contributed by atoms with Crippen LogP contribution in [0.2, 0.25) is 0 Å². The molecule has 0 amide bonds. The lowest BCUT2D eigenvalue weighted by Crippen LogP contribution is -2.37. The third-order valence-corrected chi connectivity index (χ3v) is 2.98. The summed E-state index contributed by atoms with van der Waals surface area (Å²) in [5, 5.41) is 6.12. The van der Waals surface area contributed by atoms with E-state index in [-0.39, 0.29) is 29.8 Å². The Morgan fingerprint density at radius 2 is 2.08 bits per heavy atom. The minimum Gasteiger partial charge on any atom is -0.444 e. The number of hydrogen-bond donors (Lipinski definition) is 2. The van der Waals surface area contributed by atoms with E-state index >= 15 is 0 Å². The maximum Gasteiger partial charge on any atom is 0.226 e. The molecule has 0 aliphatic heterocycles. The number of oxazole rings is 1. The highest BCUT2D eigenvalue weighted by atomic mass is 127. The molecule has 1 heterocycles. The monoisotopic (exact) mass is 442 g/mol. The van der Waals surface area contributed by atoms with Crippen molar-refractivity contribution in [3.8, 4) is 23.8 Å². The number of nitrogens with zero attached hydrogens (tertiary/aromatic N) is 2. The number of aliphatic imine (C=N–C) groups is 1. The molecule has 0 aliphatic rings. The first-order valence-corrected chi connectivity index (χ1v) is 7.39. The highest BCUT2D eigenvalue weighted by molar-refractivity contribution is 14.0. The zero-order chi connectivity index (χ0) is 16.5. The van der Waals surface area contributed by atoms with Crippen LogP contribution >= 0.6 is 24.0 Å². The van der Waals surface area contributed by atoms with Crippen molar-refractivity contribution in [2.24, 2.45) is 4.99 Å². The van der Waals surface area contributed by atoms with Gasteiger partial charge in [-0.25, -0.2) is 9.37 Å². The van der Waals surface area contributed by atoms with Crippen LogP contribution in [0.4, 0.5) is 4.39 Å². The summed E-state index contributed by atoms with van der Waals surface area (Å²) >= 11 is 0. The molecule has 0 atom stereocenters. The summed E-state index contributed by atoms with van der Waals surface area (Å²) < 4.78 is 18.3. The van der Waals surface area contributed by atoms with E-state index in [0.29, 0.717) is 31.4 Å². The lowest BCUT2D eigenvalue weighted by Gasteiger charge is -2.08.